The summed E-state index contributed by atoms with van der Waals surface area (Å²) in [5.74, 6) is 1.84. The van der Waals surface area contributed by atoms with Gasteiger partial charge in [0, 0.05) is 21.9 Å². The molecule has 0 atom stereocenters. The monoisotopic (exact) mass is 712 g/mol. The van der Waals surface area contributed by atoms with Crippen LogP contribution in [0.4, 0.5) is 0 Å². The SMILES string of the molecule is c1ccc(-c2cccc(-c3nc(-c4ccccc4)nc(-n4c5ccccc5c5c6c(ccc54)C4(c5ccccc5-c5ccccc54)c4ccccc4-6)n3)c2)cc1. The van der Waals surface area contributed by atoms with E-state index in [0.29, 0.717) is 17.6 Å². The van der Waals surface area contributed by atoms with Crippen LogP contribution in [0, 0.1) is 0 Å². The van der Waals surface area contributed by atoms with E-state index in [4.69, 9.17) is 15.0 Å². The minimum Gasteiger partial charge on any atom is -0.278 e. The van der Waals surface area contributed by atoms with Crippen molar-refractivity contribution in [1.29, 1.82) is 0 Å². The average Bonchev–Trinajstić information content (AvgIpc) is 3.89. The first-order valence-electron chi connectivity index (χ1n) is 19.1. The average molecular weight is 713 g/mol. The molecule has 0 unspecified atom stereocenters. The zero-order chi connectivity index (χ0) is 36.8. The molecular weight excluding hydrogens is 681 g/mol. The van der Waals surface area contributed by atoms with E-state index in [2.05, 4.69) is 174 Å². The van der Waals surface area contributed by atoms with Crippen molar-refractivity contribution in [3.05, 3.63) is 216 Å². The van der Waals surface area contributed by atoms with Gasteiger partial charge in [0.25, 0.3) is 0 Å². The van der Waals surface area contributed by atoms with E-state index in [-0.39, 0.29) is 0 Å². The molecule has 0 radical (unpaired) electrons. The molecule has 0 aliphatic heterocycles. The first kappa shape index (κ1) is 31.0. The van der Waals surface area contributed by atoms with E-state index in [1.54, 1.807) is 0 Å². The third-order valence-electron chi connectivity index (χ3n) is 11.9. The summed E-state index contributed by atoms with van der Waals surface area (Å²) in [6.07, 6.45) is 0. The molecular formula is C52H32N4. The maximum atomic E-state index is 5.32. The van der Waals surface area contributed by atoms with Crippen LogP contribution in [-0.4, -0.2) is 19.5 Å². The van der Waals surface area contributed by atoms with Crippen molar-refractivity contribution >= 4 is 21.8 Å². The van der Waals surface area contributed by atoms with Crippen molar-refractivity contribution in [1.82, 2.24) is 19.5 Å². The number of fused-ring (bicyclic) bond motifs is 14. The van der Waals surface area contributed by atoms with Gasteiger partial charge in [0.15, 0.2) is 11.6 Å². The van der Waals surface area contributed by atoms with Gasteiger partial charge in [-0.05, 0) is 73.8 Å². The molecule has 0 bridgehead atoms. The fourth-order valence-corrected chi connectivity index (χ4v) is 9.64. The number of nitrogens with zero attached hydrogens (tertiary/aromatic N) is 4. The van der Waals surface area contributed by atoms with Crippen LogP contribution < -0.4 is 0 Å². The van der Waals surface area contributed by atoms with Crippen molar-refractivity contribution < 1.29 is 0 Å². The minimum atomic E-state index is -0.429. The highest BCUT2D eigenvalue weighted by atomic mass is 15.2. The molecule has 12 rings (SSSR count). The molecule has 10 aromatic rings. The lowest BCUT2D eigenvalue weighted by Gasteiger charge is -2.30. The van der Waals surface area contributed by atoms with Gasteiger partial charge in [-0.15, -0.1) is 0 Å². The lowest BCUT2D eigenvalue weighted by molar-refractivity contribution is 0.794. The standard InChI is InChI=1S/C52H32N4/c1-3-16-33(17-4-1)35-20-15-21-36(32-35)50-53-49(34-18-5-2-6-19-34)54-51(55-50)56-45-29-14-10-25-40(45)48-46(56)31-30-44-47(48)39-24-9-13-28-43(39)52(44)41-26-11-7-22-37(41)38-23-8-12-27-42(38)52/h1-32H. The van der Waals surface area contributed by atoms with Crippen LogP contribution >= 0.6 is 0 Å². The van der Waals surface area contributed by atoms with Gasteiger partial charge in [0.05, 0.1) is 16.4 Å². The van der Waals surface area contributed by atoms with Gasteiger partial charge in [-0.1, -0.05) is 176 Å². The predicted octanol–water partition coefficient (Wildman–Crippen LogP) is 12.3. The molecule has 0 saturated heterocycles. The Hall–Kier alpha value is -7.43. The van der Waals surface area contributed by atoms with Crippen LogP contribution in [0.1, 0.15) is 22.3 Å². The molecule has 0 fully saturated rings. The topological polar surface area (TPSA) is 43.6 Å². The molecule has 4 heteroatoms. The molecule has 0 saturated carbocycles. The van der Waals surface area contributed by atoms with Gasteiger partial charge < -0.3 is 0 Å². The Morgan fingerprint density at radius 2 is 0.893 bits per heavy atom. The van der Waals surface area contributed by atoms with E-state index in [1.165, 1.54) is 55.3 Å². The Labute approximate surface area is 324 Å². The van der Waals surface area contributed by atoms with Gasteiger partial charge in [0.2, 0.25) is 5.95 Å². The van der Waals surface area contributed by atoms with Crippen molar-refractivity contribution in [2.75, 3.05) is 0 Å². The maximum Gasteiger partial charge on any atom is 0.238 e. The maximum absolute atomic E-state index is 5.32. The highest BCUT2D eigenvalue weighted by Crippen LogP contribution is 2.64. The fourth-order valence-electron chi connectivity index (χ4n) is 9.64. The fraction of sp³-hybridized carbons (Fsp3) is 0.0192. The van der Waals surface area contributed by atoms with E-state index < -0.39 is 5.41 Å². The van der Waals surface area contributed by atoms with Crippen LogP contribution in [0.5, 0.6) is 0 Å². The Morgan fingerprint density at radius 3 is 1.61 bits per heavy atom. The normalized spacial score (nSPS) is 13.1. The largest absolute Gasteiger partial charge is 0.278 e. The molecule has 2 heterocycles. The Kier molecular flexibility index (Phi) is 6.52. The molecule has 2 aliphatic carbocycles. The Bertz CT molecular complexity index is 3150. The number of hydrogen-bond acceptors (Lipinski definition) is 3. The van der Waals surface area contributed by atoms with Crippen molar-refractivity contribution in [3.63, 3.8) is 0 Å². The third kappa shape index (κ3) is 4.21. The molecule has 260 valence electrons. The van der Waals surface area contributed by atoms with Gasteiger partial charge >= 0.3 is 0 Å². The molecule has 1 spiro atoms. The molecule has 4 nitrogen and oxygen atoms in total. The highest BCUT2D eigenvalue weighted by Gasteiger charge is 2.52. The second-order valence-corrected chi connectivity index (χ2v) is 14.7. The highest BCUT2D eigenvalue weighted by molar-refractivity contribution is 6.18. The minimum absolute atomic E-state index is 0.429. The predicted molar refractivity (Wildman–Crippen MR) is 227 cm³/mol. The summed E-state index contributed by atoms with van der Waals surface area (Å²) in [5, 5.41) is 2.37. The smallest absolute Gasteiger partial charge is 0.238 e. The van der Waals surface area contributed by atoms with Crippen LogP contribution in [-0.2, 0) is 5.41 Å². The third-order valence-corrected chi connectivity index (χ3v) is 11.9. The summed E-state index contributed by atoms with van der Waals surface area (Å²) < 4.78 is 2.24. The summed E-state index contributed by atoms with van der Waals surface area (Å²) in [7, 11) is 0. The van der Waals surface area contributed by atoms with Gasteiger partial charge in [-0.25, -0.2) is 4.98 Å². The summed E-state index contributed by atoms with van der Waals surface area (Å²) in [6, 6.07) is 69.5. The first-order valence-corrected chi connectivity index (χ1v) is 19.1. The lowest BCUT2D eigenvalue weighted by Crippen LogP contribution is -2.25. The van der Waals surface area contributed by atoms with Crippen LogP contribution in [0.15, 0.2) is 194 Å². The summed E-state index contributed by atoms with van der Waals surface area (Å²) >= 11 is 0. The number of para-hydroxylation sites is 1. The Balaban J connectivity index is 1.16. The number of benzene rings is 8. The molecule has 8 aromatic carbocycles. The number of aromatic nitrogens is 4. The zero-order valence-electron chi connectivity index (χ0n) is 30.3. The van der Waals surface area contributed by atoms with Gasteiger partial charge in [-0.3, -0.25) is 4.57 Å². The first-order chi connectivity index (χ1) is 27.8. The Morgan fingerprint density at radius 1 is 0.357 bits per heavy atom. The summed E-state index contributed by atoms with van der Waals surface area (Å²) in [5.41, 5.74) is 16.3. The van der Waals surface area contributed by atoms with E-state index in [9.17, 15) is 0 Å². The van der Waals surface area contributed by atoms with Crippen molar-refractivity contribution in [2.24, 2.45) is 0 Å². The summed E-state index contributed by atoms with van der Waals surface area (Å²) in [4.78, 5) is 15.7. The van der Waals surface area contributed by atoms with Crippen LogP contribution in [0.3, 0.4) is 0 Å². The second-order valence-electron chi connectivity index (χ2n) is 14.7. The molecule has 0 N–H and O–H groups in total. The van der Waals surface area contributed by atoms with Crippen LogP contribution in [0.2, 0.25) is 0 Å². The van der Waals surface area contributed by atoms with Crippen LogP contribution in [0.25, 0.3) is 83.9 Å². The second kappa shape index (κ2) is 11.8. The number of rotatable bonds is 4. The molecule has 56 heavy (non-hydrogen) atoms. The van der Waals surface area contributed by atoms with Gasteiger partial charge in [-0.2, -0.15) is 9.97 Å². The summed E-state index contributed by atoms with van der Waals surface area (Å²) in [6.45, 7) is 0. The number of hydrogen-bond donors (Lipinski definition) is 0. The quantitative estimate of drug-likeness (QED) is 0.182. The molecule has 2 aliphatic rings. The van der Waals surface area contributed by atoms with Crippen molar-refractivity contribution in [2.45, 2.75) is 5.41 Å². The van der Waals surface area contributed by atoms with Gasteiger partial charge in [0.1, 0.15) is 0 Å². The van der Waals surface area contributed by atoms with E-state index in [0.717, 1.165) is 33.3 Å². The van der Waals surface area contributed by atoms with E-state index >= 15 is 0 Å². The molecule has 2 aromatic heterocycles. The lowest BCUT2D eigenvalue weighted by atomic mass is 9.70. The van der Waals surface area contributed by atoms with Crippen molar-refractivity contribution in [3.8, 4) is 62.1 Å². The zero-order valence-corrected chi connectivity index (χ0v) is 30.3. The molecule has 0 amide bonds. The van der Waals surface area contributed by atoms with E-state index in [1.807, 2.05) is 24.3 Å².